The molecule has 1 aliphatic rings. The largest absolute Gasteiger partial charge is 0.457 e. The molecule has 9 nitrogen and oxygen atoms in total. The summed E-state index contributed by atoms with van der Waals surface area (Å²) in [7, 11) is -3.74. The first-order chi connectivity index (χ1) is 15.5. The van der Waals surface area contributed by atoms with Gasteiger partial charge in [-0.3, -0.25) is 10.1 Å². The van der Waals surface area contributed by atoms with Crippen molar-refractivity contribution >= 4 is 51.1 Å². The Kier molecular flexibility index (Phi) is 4.08. The number of nitro groups is 1. The van der Waals surface area contributed by atoms with Gasteiger partial charge in [0.25, 0.3) is 5.69 Å². The number of benzene rings is 3. The van der Waals surface area contributed by atoms with Gasteiger partial charge in [0, 0.05) is 12.1 Å². The maximum atomic E-state index is 14.6. The van der Waals surface area contributed by atoms with Gasteiger partial charge in [-0.1, -0.05) is 35.6 Å². The first-order valence-electron chi connectivity index (χ1n) is 9.68. The average Bonchev–Trinajstić information content (AvgIpc) is 3.45. The van der Waals surface area contributed by atoms with Gasteiger partial charge in [0.15, 0.2) is 5.13 Å². The molecule has 1 atom stereocenters. The van der Waals surface area contributed by atoms with Gasteiger partial charge in [0.2, 0.25) is 0 Å². The highest BCUT2D eigenvalue weighted by Crippen LogP contribution is 2.61. The van der Waals surface area contributed by atoms with Crippen LogP contribution in [0.15, 0.2) is 72.8 Å². The van der Waals surface area contributed by atoms with Crippen molar-refractivity contribution in [3.63, 3.8) is 0 Å². The van der Waals surface area contributed by atoms with E-state index in [1.165, 1.54) is 35.6 Å². The van der Waals surface area contributed by atoms with Crippen LogP contribution >= 0.6 is 19.0 Å². The second-order valence-corrected chi connectivity index (χ2v) is 10.2. The van der Waals surface area contributed by atoms with E-state index in [0.717, 1.165) is 15.7 Å². The second-order valence-electron chi connectivity index (χ2n) is 7.18. The van der Waals surface area contributed by atoms with E-state index in [9.17, 15) is 14.7 Å². The van der Waals surface area contributed by atoms with Crippen molar-refractivity contribution in [2.24, 2.45) is 0 Å². The smallest absolute Gasteiger partial charge is 0.413 e. The molecule has 158 valence electrons. The van der Waals surface area contributed by atoms with Gasteiger partial charge in [-0.05, 0) is 36.4 Å². The fraction of sp³-hybridized carbons (Fsp3) is 0.0476. The minimum Gasteiger partial charge on any atom is -0.413 e. The summed E-state index contributed by atoms with van der Waals surface area (Å²) in [4.78, 5) is 19.8. The van der Waals surface area contributed by atoms with Crippen molar-refractivity contribution in [3.05, 3.63) is 88.7 Å². The zero-order valence-electron chi connectivity index (χ0n) is 16.4. The lowest BCUT2D eigenvalue weighted by atomic mass is 10.3. The molecule has 32 heavy (non-hydrogen) atoms. The summed E-state index contributed by atoms with van der Waals surface area (Å²) >= 11 is 1.43. The fourth-order valence-corrected chi connectivity index (χ4v) is 7.29. The Morgan fingerprint density at radius 1 is 0.969 bits per heavy atom. The third kappa shape index (κ3) is 2.80. The molecule has 0 radical (unpaired) electrons. The molecule has 0 amide bonds. The maximum Gasteiger partial charge on any atom is 0.457 e. The topological polar surface area (TPSA) is 103 Å². The first-order valence-corrected chi connectivity index (χ1v) is 12.0. The van der Waals surface area contributed by atoms with E-state index in [0.29, 0.717) is 16.5 Å². The van der Waals surface area contributed by atoms with Gasteiger partial charge in [0.05, 0.1) is 32.7 Å². The molecule has 1 unspecified atom stereocenters. The minimum absolute atomic E-state index is 0.0705. The molecule has 0 bridgehead atoms. The van der Waals surface area contributed by atoms with E-state index < -0.39 is 12.6 Å². The number of nitrogens with zero attached hydrogens (tertiary/aromatic N) is 5. The Morgan fingerprint density at radius 3 is 2.44 bits per heavy atom. The van der Waals surface area contributed by atoms with Crippen LogP contribution in [0, 0.1) is 10.1 Å². The van der Waals surface area contributed by atoms with Crippen LogP contribution in [0.5, 0.6) is 5.75 Å². The molecule has 0 N–H and O–H groups in total. The van der Waals surface area contributed by atoms with E-state index in [-0.39, 0.29) is 18.0 Å². The molecule has 0 saturated carbocycles. The summed E-state index contributed by atoms with van der Waals surface area (Å²) in [5, 5.41) is 11.6. The zero-order valence-corrected chi connectivity index (χ0v) is 18.1. The van der Waals surface area contributed by atoms with Gasteiger partial charge in [-0.2, -0.15) is 0 Å². The van der Waals surface area contributed by atoms with Crippen molar-refractivity contribution in [2.75, 3.05) is 4.67 Å². The number of non-ortho nitro benzene ring substituents is 1. The Hall–Kier alpha value is -3.75. The summed E-state index contributed by atoms with van der Waals surface area (Å²) in [6.07, 6.45) is 0. The van der Waals surface area contributed by atoms with Crippen LogP contribution in [0.25, 0.3) is 21.3 Å². The number of imidazole rings is 1. The molecule has 0 aliphatic carbocycles. The van der Waals surface area contributed by atoms with Crippen molar-refractivity contribution in [3.8, 4) is 5.75 Å². The minimum atomic E-state index is -3.74. The summed E-state index contributed by atoms with van der Waals surface area (Å²) in [6.45, 7) is 0.263. The number of fused-ring (bicyclic) bond motifs is 4. The van der Waals surface area contributed by atoms with Gasteiger partial charge < -0.3 is 4.52 Å². The Bertz CT molecular complexity index is 1530. The Balaban J connectivity index is 1.51. The average molecular weight is 463 g/mol. The van der Waals surface area contributed by atoms with Crippen molar-refractivity contribution in [1.82, 2.24) is 14.3 Å². The molecule has 0 saturated heterocycles. The number of hydrogen-bond acceptors (Lipinski definition) is 7. The van der Waals surface area contributed by atoms with Crippen molar-refractivity contribution in [1.29, 1.82) is 0 Å². The molecular formula is C21H14N5O4PS. The highest BCUT2D eigenvalue weighted by molar-refractivity contribution is 7.60. The lowest BCUT2D eigenvalue weighted by Gasteiger charge is -2.24. The SMILES string of the molecule is O=[N+]([O-])c1ccc(OP2(=O)N(c3nc4ccccc4s3)Cc3nc4ccccc4n32)cc1. The summed E-state index contributed by atoms with van der Waals surface area (Å²) in [5.74, 6) is 0.867. The van der Waals surface area contributed by atoms with E-state index in [1.54, 1.807) is 9.01 Å². The molecular weight excluding hydrogens is 449 g/mol. The van der Waals surface area contributed by atoms with Crippen LogP contribution in [0.1, 0.15) is 5.82 Å². The molecule has 6 rings (SSSR count). The van der Waals surface area contributed by atoms with Gasteiger partial charge in [0.1, 0.15) is 11.6 Å². The predicted octanol–water partition coefficient (Wildman–Crippen LogP) is 5.61. The molecule has 3 aromatic carbocycles. The van der Waals surface area contributed by atoms with Gasteiger partial charge in [-0.15, -0.1) is 0 Å². The third-order valence-corrected chi connectivity index (χ3v) is 8.76. The van der Waals surface area contributed by atoms with Crippen LogP contribution in [0.2, 0.25) is 0 Å². The van der Waals surface area contributed by atoms with Crippen molar-refractivity contribution < 1.29 is 14.0 Å². The summed E-state index contributed by atoms with van der Waals surface area (Å²) in [6, 6.07) is 20.7. The van der Waals surface area contributed by atoms with E-state index >= 15 is 0 Å². The van der Waals surface area contributed by atoms with Gasteiger partial charge >= 0.3 is 7.67 Å². The summed E-state index contributed by atoms with van der Waals surface area (Å²) < 4.78 is 24.9. The number of hydrogen-bond donors (Lipinski definition) is 0. The van der Waals surface area contributed by atoms with Crippen LogP contribution in [0.3, 0.4) is 0 Å². The van der Waals surface area contributed by atoms with E-state index in [1.807, 2.05) is 48.5 Å². The monoisotopic (exact) mass is 463 g/mol. The predicted molar refractivity (Wildman–Crippen MR) is 122 cm³/mol. The second kappa shape index (κ2) is 6.88. The number of aromatic nitrogens is 3. The van der Waals surface area contributed by atoms with E-state index in [2.05, 4.69) is 9.97 Å². The summed E-state index contributed by atoms with van der Waals surface area (Å²) in [5.41, 5.74) is 2.15. The normalized spacial score (nSPS) is 17.7. The molecule has 2 aromatic heterocycles. The zero-order chi connectivity index (χ0) is 21.9. The molecule has 3 heterocycles. The lowest BCUT2D eigenvalue weighted by Crippen LogP contribution is -2.18. The number of rotatable bonds is 4. The number of para-hydroxylation sites is 3. The fourth-order valence-electron chi connectivity index (χ4n) is 3.78. The number of thiazole rings is 1. The van der Waals surface area contributed by atoms with Crippen LogP contribution in [-0.2, 0) is 11.1 Å². The Morgan fingerprint density at radius 2 is 1.69 bits per heavy atom. The van der Waals surface area contributed by atoms with Crippen LogP contribution < -0.4 is 9.19 Å². The van der Waals surface area contributed by atoms with Crippen LogP contribution in [0.4, 0.5) is 10.8 Å². The molecule has 0 spiro atoms. The molecule has 1 aliphatic heterocycles. The quantitative estimate of drug-likeness (QED) is 0.194. The molecule has 11 heteroatoms. The lowest BCUT2D eigenvalue weighted by molar-refractivity contribution is -0.384. The highest BCUT2D eigenvalue weighted by Gasteiger charge is 2.47. The number of nitro benzene ring substituents is 1. The Labute approximate surface area is 185 Å². The van der Waals surface area contributed by atoms with Crippen molar-refractivity contribution in [2.45, 2.75) is 6.54 Å². The van der Waals surface area contributed by atoms with E-state index in [4.69, 9.17) is 4.52 Å². The molecule has 5 aromatic rings. The first kappa shape index (κ1) is 19.0. The van der Waals surface area contributed by atoms with Crippen LogP contribution in [-0.4, -0.2) is 19.2 Å². The van der Waals surface area contributed by atoms with Gasteiger partial charge in [-0.25, -0.2) is 23.5 Å². The highest BCUT2D eigenvalue weighted by atomic mass is 32.1. The maximum absolute atomic E-state index is 14.6. The third-order valence-electron chi connectivity index (χ3n) is 5.23. The standard InChI is InChI=1S/C21H14N5O4PS/c27-26(28)14-9-11-15(12-10-14)30-31(29)24(21-23-17-6-2-4-8-19(17)32-21)13-20-22-16-5-1-3-7-18(16)25(20)31/h1-12H,13H2. The molecule has 0 fully saturated rings. The number of anilines is 1.